The molecule has 0 N–H and O–H groups in total. The molecule has 1 saturated heterocycles. The Morgan fingerprint density at radius 3 is 2.31 bits per heavy atom. The van der Waals surface area contributed by atoms with Crippen LogP contribution in [-0.4, -0.2) is 48.0 Å². The molecule has 5 rings (SSSR count). The third-order valence-corrected chi connectivity index (χ3v) is 8.20. The van der Waals surface area contributed by atoms with Crippen molar-refractivity contribution in [2.24, 2.45) is 5.92 Å². The van der Waals surface area contributed by atoms with Gasteiger partial charge in [-0.25, -0.2) is 13.4 Å². The van der Waals surface area contributed by atoms with E-state index >= 15 is 0 Å². The van der Waals surface area contributed by atoms with Gasteiger partial charge in [0.2, 0.25) is 20.9 Å². The molecule has 2 fully saturated rings. The Hall–Kier alpha value is -2.97. The normalized spacial score (nSPS) is 18.0. The van der Waals surface area contributed by atoms with Gasteiger partial charge in [-0.3, -0.25) is 4.79 Å². The molecule has 1 saturated carbocycles. The summed E-state index contributed by atoms with van der Waals surface area (Å²) in [5, 5.41) is 0.0381. The van der Waals surface area contributed by atoms with Crippen LogP contribution in [0.5, 0.6) is 0 Å². The minimum Gasteiger partial charge on any atom is -0.376 e. The molecular weight excluding hydrogens is 462 g/mol. The SMILES string of the molecule is O=C(C1CC1)N(Cc1cnc(S(=O)(=O)Cc2ccccc2)n1Cc1ccccc1)C[C@@H]1CCCO1. The number of rotatable bonds is 10. The van der Waals surface area contributed by atoms with E-state index in [4.69, 9.17) is 4.74 Å². The van der Waals surface area contributed by atoms with Crippen molar-refractivity contribution in [1.82, 2.24) is 14.5 Å². The molecule has 2 heterocycles. The summed E-state index contributed by atoms with van der Waals surface area (Å²) in [5.74, 6) is 0.0736. The molecule has 1 aliphatic carbocycles. The zero-order chi connectivity index (χ0) is 24.3. The van der Waals surface area contributed by atoms with E-state index < -0.39 is 9.84 Å². The Kier molecular flexibility index (Phi) is 7.02. The second-order valence-electron chi connectivity index (χ2n) is 9.48. The van der Waals surface area contributed by atoms with Crippen molar-refractivity contribution in [3.63, 3.8) is 0 Å². The van der Waals surface area contributed by atoms with Gasteiger partial charge in [-0.05, 0) is 36.8 Å². The van der Waals surface area contributed by atoms with Crippen LogP contribution in [0.3, 0.4) is 0 Å². The Bertz CT molecular complexity index is 1250. The molecule has 8 heteroatoms. The number of hydrogen-bond donors (Lipinski definition) is 0. The van der Waals surface area contributed by atoms with Crippen molar-refractivity contribution >= 4 is 15.7 Å². The third kappa shape index (κ3) is 5.82. The van der Waals surface area contributed by atoms with E-state index in [0.29, 0.717) is 30.9 Å². The largest absolute Gasteiger partial charge is 0.376 e. The van der Waals surface area contributed by atoms with Crippen molar-refractivity contribution in [2.45, 2.75) is 55.8 Å². The molecule has 0 spiro atoms. The Labute approximate surface area is 206 Å². The third-order valence-electron chi connectivity index (χ3n) is 6.60. The molecule has 3 aromatic rings. The minimum absolute atomic E-state index is 0.0319. The maximum absolute atomic E-state index is 13.5. The number of carbonyl (C=O) groups is 1. The number of ether oxygens (including phenoxy) is 1. The summed E-state index contributed by atoms with van der Waals surface area (Å²) in [6.07, 6.45) is 5.42. The lowest BCUT2D eigenvalue weighted by atomic mass is 10.2. The average molecular weight is 494 g/mol. The highest BCUT2D eigenvalue weighted by Gasteiger charge is 2.36. The Balaban J connectivity index is 1.47. The molecule has 35 heavy (non-hydrogen) atoms. The summed E-state index contributed by atoms with van der Waals surface area (Å²) < 4.78 is 34.5. The fourth-order valence-electron chi connectivity index (χ4n) is 4.61. The molecule has 1 aromatic heterocycles. The highest BCUT2D eigenvalue weighted by molar-refractivity contribution is 7.90. The monoisotopic (exact) mass is 493 g/mol. The van der Waals surface area contributed by atoms with Gasteiger partial charge in [0.05, 0.1) is 36.8 Å². The minimum atomic E-state index is -3.70. The Morgan fingerprint density at radius 1 is 1.00 bits per heavy atom. The number of carbonyl (C=O) groups excluding carboxylic acids is 1. The first-order valence-electron chi connectivity index (χ1n) is 12.2. The van der Waals surface area contributed by atoms with Gasteiger partial charge in [-0.2, -0.15) is 0 Å². The summed E-state index contributed by atoms with van der Waals surface area (Å²) in [6.45, 7) is 1.93. The van der Waals surface area contributed by atoms with Crippen molar-refractivity contribution < 1.29 is 17.9 Å². The van der Waals surface area contributed by atoms with Crippen LogP contribution in [-0.2, 0) is 38.2 Å². The number of benzene rings is 2. The molecule has 1 amide bonds. The van der Waals surface area contributed by atoms with Crippen LogP contribution in [0.4, 0.5) is 0 Å². The van der Waals surface area contributed by atoms with E-state index in [0.717, 1.165) is 37.9 Å². The second kappa shape index (κ2) is 10.3. The highest BCUT2D eigenvalue weighted by Crippen LogP contribution is 2.32. The molecule has 1 atom stereocenters. The molecule has 0 unspecified atom stereocenters. The number of nitrogens with zero attached hydrogens (tertiary/aromatic N) is 3. The highest BCUT2D eigenvalue weighted by atomic mass is 32.2. The summed E-state index contributed by atoms with van der Waals surface area (Å²) >= 11 is 0. The predicted molar refractivity (Wildman–Crippen MR) is 132 cm³/mol. The van der Waals surface area contributed by atoms with Gasteiger partial charge in [0.25, 0.3) is 0 Å². The molecule has 7 nitrogen and oxygen atoms in total. The van der Waals surface area contributed by atoms with Crippen LogP contribution < -0.4 is 0 Å². The summed E-state index contributed by atoms with van der Waals surface area (Å²) in [6, 6.07) is 18.9. The zero-order valence-electron chi connectivity index (χ0n) is 19.8. The quantitative estimate of drug-likeness (QED) is 0.429. The maximum Gasteiger partial charge on any atom is 0.228 e. The smallest absolute Gasteiger partial charge is 0.228 e. The maximum atomic E-state index is 13.5. The van der Waals surface area contributed by atoms with Crippen molar-refractivity contribution in [3.8, 4) is 0 Å². The second-order valence-corrected chi connectivity index (χ2v) is 11.4. The topological polar surface area (TPSA) is 81.5 Å². The van der Waals surface area contributed by atoms with E-state index in [9.17, 15) is 13.2 Å². The van der Waals surface area contributed by atoms with Gasteiger partial charge in [0.15, 0.2) is 0 Å². The summed E-state index contributed by atoms with van der Waals surface area (Å²) in [4.78, 5) is 19.4. The summed E-state index contributed by atoms with van der Waals surface area (Å²) in [7, 11) is -3.70. The van der Waals surface area contributed by atoms with Gasteiger partial charge in [-0.1, -0.05) is 60.7 Å². The van der Waals surface area contributed by atoms with Crippen molar-refractivity contribution in [3.05, 3.63) is 83.7 Å². The molecule has 0 bridgehead atoms. The van der Waals surface area contributed by atoms with Crippen molar-refractivity contribution in [1.29, 1.82) is 0 Å². The van der Waals surface area contributed by atoms with Crippen LogP contribution in [0.15, 0.2) is 72.0 Å². The van der Waals surface area contributed by atoms with Crippen LogP contribution >= 0.6 is 0 Å². The lowest BCUT2D eigenvalue weighted by Crippen LogP contribution is -2.38. The first kappa shape index (κ1) is 23.8. The molecule has 1 aliphatic heterocycles. The molecule has 2 aromatic carbocycles. The molecule has 184 valence electrons. The van der Waals surface area contributed by atoms with Crippen LogP contribution in [0.2, 0.25) is 0 Å². The van der Waals surface area contributed by atoms with Crippen LogP contribution in [0, 0.1) is 5.92 Å². The van der Waals surface area contributed by atoms with Gasteiger partial charge < -0.3 is 14.2 Å². The van der Waals surface area contributed by atoms with Crippen LogP contribution in [0.1, 0.15) is 42.5 Å². The fraction of sp³-hybridized carbons (Fsp3) is 0.407. The lowest BCUT2D eigenvalue weighted by molar-refractivity contribution is -0.134. The van der Waals surface area contributed by atoms with E-state index in [1.807, 2.05) is 53.4 Å². The van der Waals surface area contributed by atoms with E-state index in [-0.39, 0.29) is 28.8 Å². The number of amides is 1. The standard InChI is InChI=1S/C27H31N3O4S/c31-26(23-13-14-23)29(19-25-12-7-15-34-25)18-24-16-28-27(30(24)17-21-8-3-1-4-9-21)35(32,33)20-22-10-5-2-6-11-22/h1-6,8-11,16,23,25H,7,12-15,17-20H2/t25-/m0/s1. The Morgan fingerprint density at radius 2 is 1.69 bits per heavy atom. The van der Waals surface area contributed by atoms with Crippen LogP contribution in [0.25, 0.3) is 0 Å². The van der Waals surface area contributed by atoms with E-state index in [1.165, 1.54) is 0 Å². The lowest BCUT2D eigenvalue weighted by Gasteiger charge is -2.26. The van der Waals surface area contributed by atoms with Gasteiger partial charge in [0, 0.05) is 19.1 Å². The first-order valence-corrected chi connectivity index (χ1v) is 13.9. The zero-order valence-corrected chi connectivity index (χ0v) is 20.6. The van der Waals surface area contributed by atoms with Gasteiger partial charge in [0.1, 0.15) is 0 Å². The van der Waals surface area contributed by atoms with Gasteiger partial charge >= 0.3 is 0 Å². The number of hydrogen-bond acceptors (Lipinski definition) is 5. The fourth-order valence-corrected chi connectivity index (χ4v) is 6.10. The predicted octanol–water partition coefficient (Wildman–Crippen LogP) is 3.82. The molecule has 0 radical (unpaired) electrons. The number of sulfone groups is 1. The first-order chi connectivity index (χ1) is 17.0. The van der Waals surface area contributed by atoms with E-state index in [2.05, 4.69) is 4.98 Å². The van der Waals surface area contributed by atoms with Crippen molar-refractivity contribution in [2.75, 3.05) is 13.2 Å². The molecule has 2 aliphatic rings. The number of imidazole rings is 1. The molecular formula is C27H31N3O4S. The van der Waals surface area contributed by atoms with E-state index in [1.54, 1.807) is 22.9 Å². The average Bonchev–Trinajstić information content (AvgIpc) is 3.44. The van der Waals surface area contributed by atoms with Gasteiger partial charge in [-0.15, -0.1) is 0 Å². The number of aromatic nitrogens is 2. The summed E-state index contributed by atoms with van der Waals surface area (Å²) in [5.41, 5.74) is 2.40.